The number of allylic oxidation sites excluding steroid dienone is 10. The second kappa shape index (κ2) is 13.1. The zero-order valence-electron chi connectivity index (χ0n) is 19.5. The number of hydrogen-bond donors (Lipinski definition) is 1. The van der Waals surface area contributed by atoms with E-state index < -0.39 is 6.10 Å². The van der Waals surface area contributed by atoms with E-state index in [9.17, 15) is 14.7 Å². The maximum Gasteiger partial charge on any atom is 0.185 e. The number of aliphatic hydroxyl groups excluding tert-OH is 1. The minimum Gasteiger partial charge on any atom is -0.389 e. The zero-order chi connectivity index (χ0) is 22.7. The largest absolute Gasteiger partial charge is 0.389 e. The Kier molecular flexibility index (Phi) is 11.3. The van der Waals surface area contributed by atoms with Gasteiger partial charge in [-0.1, -0.05) is 46.6 Å². The predicted octanol–water partition coefficient (Wildman–Crippen LogP) is 6.52. The van der Waals surface area contributed by atoms with E-state index in [-0.39, 0.29) is 11.6 Å². The van der Waals surface area contributed by atoms with Gasteiger partial charge in [-0.05, 0) is 92.2 Å². The van der Waals surface area contributed by atoms with Crippen molar-refractivity contribution in [2.75, 3.05) is 0 Å². The number of aliphatic hydroxyl groups is 1. The van der Waals surface area contributed by atoms with Gasteiger partial charge >= 0.3 is 0 Å². The fraction of sp³-hybridized carbons (Fsp3) is 0.481. The molecule has 164 valence electrons. The van der Waals surface area contributed by atoms with Crippen LogP contribution >= 0.6 is 0 Å². The molecule has 0 saturated carbocycles. The van der Waals surface area contributed by atoms with Crippen molar-refractivity contribution < 1.29 is 14.7 Å². The van der Waals surface area contributed by atoms with Crippen molar-refractivity contribution in [3.05, 3.63) is 69.9 Å². The van der Waals surface area contributed by atoms with Gasteiger partial charge < -0.3 is 5.11 Å². The Bertz CT molecular complexity index is 809. The van der Waals surface area contributed by atoms with Crippen molar-refractivity contribution in [1.29, 1.82) is 0 Å². The molecule has 3 heteroatoms. The molecule has 3 nitrogen and oxygen atoms in total. The lowest BCUT2D eigenvalue weighted by atomic mass is 9.94. The molecule has 0 bridgehead atoms. The van der Waals surface area contributed by atoms with Crippen LogP contribution in [0.15, 0.2) is 69.9 Å². The molecule has 0 heterocycles. The molecule has 1 aliphatic carbocycles. The summed E-state index contributed by atoms with van der Waals surface area (Å²) in [6, 6.07) is 0. The van der Waals surface area contributed by atoms with Gasteiger partial charge in [0.15, 0.2) is 11.6 Å². The van der Waals surface area contributed by atoms with Crippen molar-refractivity contribution in [2.45, 2.75) is 86.2 Å². The standard InChI is InChI=1S/C27H38O3/c1-19(2)9-7-11-21(4)15-25(28)16-22(5)12-8-10-20(3)13-14-24-18-26(29)17-23(6)27(24)30/h9,12-13,15,17-18,25,28H,7-8,10-11,14,16H2,1-6H3. The van der Waals surface area contributed by atoms with Crippen LogP contribution in [0.1, 0.15) is 80.1 Å². The lowest BCUT2D eigenvalue weighted by molar-refractivity contribution is -0.115. The highest BCUT2D eigenvalue weighted by atomic mass is 16.3. The van der Waals surface area contributed by atoms with E-state index in [1.54, 1.807) is 6.92 Å². The van der Waals surface area contributed by atoms with Gasteiger partial charge in [-0.3, -0.25) is 9.59 Å². The molecule has 0 radical (unpaired) electrons. The summed E-state index contributed by atoms with van der Waals surface area (Å²) in [6.45, 7) is 12.1. The fourth-order valence-corrected chi connectivity index (χ4v) is 3.37. The van der Waals surface area contributed by atoms with E-state index in [4.69, 9.17) is 0 Å². The summed E-state index contributed by atoms with van der Waals surface area (Å²) in [5.41, 5.74) is 6.02. The Balaban J connectivity index is 2.45. The van der Waals surface area contributed by atoms with Gasteiger partial charge in [0.1, 0.15) is 0 Å². The van der Waals surface area contributed by atoms with Crippen LogP contribution in [-0.4, -0.2) is 22.8 Å². The summed E-state index contributed by atoms with van der Waals surface area (Å²) in [7, 11) is 0. The first-order valence-corrected chi connectivity index (χ1v) is 10.9. The van der Waals surface area contributed by atoms with Crippen LogP contribution in [0.5, 0.6) is 0 Å². The summed E-state index contributed by atoms with van der Waals surface area (Å²) < 4.78 is 0. The molecular weight excluding hydrogens is 372 g/mol. The Morgan fingerprint density at radius 3 is 2.20 bits per heavy atom. The Morgan fingerprint density at radius 2 is 1.53 bits per heavy atom. The molecule has 0 aromatic carbocycles. The summed E-state index contributed by atoms with van der Waals surface area (Å²) in [6.07, 6.45) is 15.7. The number of rotatable bonds is 11. The highest BCUT2D eigenvalue weighted by Crippen LogP contribution is 2.18. The minimum atomic E-state index is -0.442. The lowest BCUT2D eigenvalue weighted by Crippen LogP contribution is -2.12. The Labute approximate surface area is 182 Å². The minimum absolute atomic E-state index is 0.0347. The summed E-state index contributed by atoms with van der Waals surface area (Å²) in [5, 5.41) is 10.3. The van der Waals surface area contributed by atoms with Gasteiger partial charge in [0.25, 0.3) is 0 Å². The van der Waals surface area contributed by atoms with Crippen molar-refractivity contribution in [3.8, 4) is 0 Å². The first-order chi connectivity index (χ1) is 14.1. The van der Waals surface area contributed by atoms with Crippen molar-refractivity contribution in [2.24, 2.45) is 0 Å². The number of carbonyl (C=O) groups excluding carboxylic acids is 2. The third-order valence-corrected chi connectivity index (χ3v) is 5.13. The van der Waals surface area contributed by atoms with Crippen molar-refractivity contribution in [3.63, 3.8) is 0 Å². The Morgan fingerprint density at radius 1 is 0.900 bits per heavy atom. The van der Waals surface area contributed by atoms with E-state index in [2.05, 4.69) is 46.8 Å². The van der Waals surface area contributed by atoms with Gasteiger partial charge in [-0.15, -0.1) is 0 Å². The van der Waals surface area contributed by atoms with Crippen molar-refractivity contribution in [1.82, 2.24) is 0 Å². The maximum absolute atomic E-state index is 12.1. The predicted molar refractivity (Wildman–Crippen MR) is 126 cm³/mol. The van der Waals surface area contributed by atoms with Crippen LogP contribution in [0.2, 0.25) is 0 Å². The second-order valence-corrected chi connectivity index (χ2v) is 8.68. The molecule has 0 saturated heterocycles. The van der Waals surface area contributed by atoms with E-state index in [1.165, 1.54) is 34.4 Å². The van der Waals surface area contributed by atoms with E-state index >= 15 is 0 Å². The molecule has 0 aliphatic heterocycles. The zero-order valence-corrected chi connectivity index (χ0v) is 19.5. The molecule has 0 aromatic rings. The molecule has 1 rings (SSSR count). The smallest absolute Gasteiger partial charge is 0.185 e. The van der Waals surface area contributed by atoms with Gasteiger partial charge in [-0.25, -0.2) is 0 Å². The monoisotopic (exact) mass is 410 g/mol. The first-order valence-electron chi connectivity index (χ1n) is 10.9. The number of carbonyl (C=O) groups is 2. The van der Waals surface area contributed by atoms with Gasteiger partial charge in [-0.2, -0.15) is 0 Å². The molecule has 1 atom stereocenters. The van der Waals surface area contributed by atoms with E-state index in [0.29, 0.717) is 24.0 Å². The number of hydrogen-bond acceptors (Lipinski definition) is 3. The van der Waals surface area contributed by atoms with Crippen LogP contribution in [-0.2, 0) is 9.59 Å². The number of ketones is 2. The van der Waals surface area contributed by atoms with Crippen LogP contribution in [0.4, 0.5) is 0 Å². The van der Waals surface area contributed by atoms with Gasteiger partial charge in [0.2, 0.25) is 0 Å². The molecular formula is C27H38O3. The summed E-state index contributed by atoms with van der Waals surface area (Å²) in [5.74, 6) is -0.140. The van der Waals surface area contributed by atoms with Crippen LogP contribution in [0, 0.1) is 0 Å². The SMILES string of the molecule is CC(C)=CCCC(C)=CC(O)CC(C)=CCCC(C)=CCC1=CC(=O)C=C(C)C1=O. The second-order valence-electron chi connectivity index (χ2n) is 8.68. The molecule has 0 fully saturated rings. The van der Waals surface area contributed by atoms with Gasteiger partial charge in [0, 0.05) is 11.1 Å². The molecule has 0 spiro atoms. The van der Waals surface area contributed by atoms with Crippen LogP contribution < -0.4 is 0 Å². The molecule has 0 amide bonds. The molecule has 0 aromatic heterocycles. The van der Waals surface area contributed by atoms with Gasteiger partial charge in [0.05, 0.1) is 6.10 Å². The Hall–Kier alpha value is -2.26. The average Bonchev–Trinajstić information content (AvgIpc) is 2.62. The normalized spacial score (nSPS) is 17.0. The first kappa shape index (κ1) is 25.8. The van der Waals surface area contributed by atoms with Crippen LogP contribution in [0.25, 0.3) is 0 Å². The molecule has 1 aliphatic rings. The summed E-state index contributed by atoms with van der Waals surface area (Å²) >= 11 is 0. The molecule has 1 unspecified atom stereocenters. The fourth-order valence-electron chi connectivity index (χ4n) is 3.37. The highest BCUT2D eigenvalue weighted by Gasteiger charge is 2.17. The molecule has 30 heavy (non-hydrogen) atoms. The average molecular weight is 411 g/mol. The topological polar surface area (TPSA) is 54.4 Å². The van der Waals surface area contributed by atoms with E-state index in [0.717, 1.165) is 25.7 Å². The lowest BCUT2D eigenvalue weighted by Gasteiger charge is -2.10. The summed E-state index contributed by atoms with van der Waals surface area (Å²) in [4.78, 5) is 23.7. The highest BCUT2D eigenvalue weighted by molar-refractivity contribution is 6.20. The van der Waals surface area contributed by atoms with Crippen LogP contribution in [0.3, 0.4) is 0 Å². The third kappa shape index (κ3) is 10.5. The van der Waals surface area contributed by atoms with Crippen molar-refractivity contribution >= 4 is 11.6 Å². The third-order valence-electron chi connectivity index (χ3n) is 5.13. The maximum atomic E-state index is 12.1. The van der Waals surface area contributed by atoms with E-state index in [1.807, 2.05) is 12.2 Å². The number of Topliss-reactive ketones (excluding diaryl/α,β-unsaturated/α-hetero) is 1. The quantitative estimate of drug-likeness (QED) is 0.312. The molecule has 1 N–H and O–H groups in total.